The molecule has 1 aromatic heterocycles. The maximum atomic E-state index is 13.4. The summed E-state index contributed by atoms with van der Waals surface area (Å²) >= 11 is 1.56. The van der Waals surface area contributed by atoms with Gasteiger partial charge in [-0.3, -0.25) is 9.59 Å². The van der Waals surface area contributed by atoms with Crippen LogP contribution in [0.4, 0.5) is 5.13 Å². The summed E-state index contributed by atoms with van der Waals surface area (Å²) in [5.74, 6) is -1.62. The van der Waals surface area contributed by atoms with Crippen molar-refractivity contribution < 1.29 is 9.59 Å². The molecule has 0 bridgehead atoms. The number of fused-ring (bicyclic) bond motifs is 1. The molecule has 0 radical (unpaired) electrons. The van der Waals surface area contributed by atoms with Gasteiger partial charge in [0.25, 0.3) is 0 Å². The number of aryl methyl sites for hydroxylation is 1. The molecule has 0 aromatic carbocycles. The zero-order chi connectivity index (χ0) is 30.6. The zero-order valence-corrected chi connectivity index (χ0v) is 27.1. The first-order valence-corrected chi connectivity index (χ1v) is 16.8. The van der Waals surface area contributed by atoms with Gasteiger partial charge in [0, 0.05) is 16.8 Å². The lowest BCUT2D eigenvalue weighted by Crippen LogP contribution is -2.40. The average molecular weight is 595 g/mol. The van der Waals surface area contributed by atoms with E-state index in [-0.39, 0.29) is 11.8 Å². The second-order valence-corrected chi connectivity index (χ2v) is 12.4. The zero-order valence-electron chi connectivity index (χ0n) is 26.3. The Balaban J connectivity index is 1.80. The Morgan fingerprint density at radius 3 is 2.10 bits per heavy atom. The van der Waals surface area contributed by atoms with E-state index in [0.29, 0.717) is 24.0 Å². The Labute approximate surface area is 258 Å². The monoisotopic (exact) mass is 594 g/mol. The van der Waals surface area contributed by atoms with Crippen LogP contribution in [0.15, 0.2) is 60.8 Å². The number of nitrogens with zero attached hydrogens (tertiary/aromatic N) is 1. The largest absolute Gasteiger partial charge is 0.369 e. The summed E-state index contributed by atoms with van der Waals surface area (Å²) in [6.45, 7) is 9.30. The second kappa shape index (κ2) is 21.0. The molecule has 0 saturated carbocycles. The highest BCUT2D eigenvalue weighted by Gasteiger charge is 2.35. The van der Waals surface area contributed by atoms with Crippen molar-refractivity contribution in [2.45, 2.75) is 104 Å². The van der Waals surface area contributed by atoms with Crippen molar-refractivity contribution in [2.24, 2.45) is 23.5 Å². The molecule has 7 heteroatoms. The quantitative estimate of drug-likeness (QED) is 0.134. The summed E-state index contributed by atoms with van der Waals surface area (Å²) < 4.78 is 0. The number of primary amides is 1. The van der Waals surface area contributed by atoms with Gasteiger partial charge in [0.15, 0.2) is 5.13 Å². The van der Waals surface area contributed by atoms with Gasteiger partial charge in [-0.05, 0) is 83.1 Å². The number of allylic oxidation sites excluding steroid dienone is 10. The Bertz CT molecular complexity index is 1080. The summed E-state index contributed by atoms with van der Waals surface area (Å²) in [6, 6.07) is 0.472. The summed E-state index contributed by atoms with van der Waals surface area (Å²) in [5.41, 5.74) is 6.91. The Morgan fingerprint density at radius 2 is 1.55 bits per heavy atom. The van der Waals surface area contributed by atoms with Crippen molar-refractivity contribution in [3.05, 3.63) is 71.3 Å². The van der Waals surface area contributed by atoms with E-state index >= 15 is 0 Å². The molecule has 0 aliphatic heterocycles. The van der Waals surface area contributed by atoms with Gasteiger partial charge >= 0.3 is 0 Å². The van der Waals surface area contributed by atoms with Crippen LogP contribution in [-0.4, -0.2) is 29.4 Å². The minimum atomic E-state index is -0.524. The molecule has 42 heavy (non-hydrogen) atoms. The second-order valence-electron chi connectivity index (χ2n) is 11.3. The van der Waals surface area contributed by atoms with Gasteiger partial charge < -0.3 is 16.4 Å². The molecule has 2 amide bonds. The molecule has 1 heterocycles. The lowest BCUT2D eigenvalue weighted by molar-refractivity contribution is -0.132. The van der Waals surface area contributed by atoms with Crippen LogP contribution >= 0.6 is 11.3 Å². The number of carbonyl (C=O) groups excluding carboxylic acids is 2. The molecular formula is C35H54N4O2S. The van der Waals surface area contributed by atoms with Crippen LogP contribution in [0, 0.1) is 17.8 Å². The number of thiazole rings is 1. The summed E-state index contributed by atoms with van der Waals surface area (Å²) in [6.07, 6.45) is 31.8. The summed E-state index contributed by atoms with van der Waals surface area (Å²) in [7, 11) is 0. The molecule has 0 spiro atoms. The predicted molar refractivity (Wildman–Crippen MR) is 180 cm³/mol. The summed E-state index contributed by atoms with van der Waals surface area (Å²) in [5, 5.41) is 7.27. The molecule has 3 atom stereocenters. The van der Waals surface area contributed by atoms with E-state index in [0.717, 1.165) is 70.0 Å². The number of aromatic nitrogens is 1. The highest BCUT2D eigenvalue weighted by Crippen LogP contribution is 2.32. The molecule has 2 rings (SSSR count). The van der Waals surface area contributed by atoms with E-state index in [1.807, 2.05) is 13.8 Å². The van der Waals surface area contributed by atoms with Crippen molar-refractivity contribution in [3.63, 3.8) is 0 Å². The first-order chi connectivity index (χ1) is 20.4. The number of amides is 2. The smallest absolute Gasteiger partial charge is 0.230 e. The van der Waals surface area contributed by atoms with Gasteiger partial charge in [-0.25, -0.2) is 4.98 Å². The van der Waals surface area contributed by atoms with E-state index in [1.54, 1.807) is 11.3 Å². The number of rotatable bonds is 20. The van der Waals surface area contributed by atoms with Crippen molar-refractivity contribution in [2.75, 3.05) is 11.9 Å². The number of nitrogens with two attached hydrogens (primary N) is 1. The molecule has 1 unspecified atom stereocenters. The number of carbonyl (C=O) groups is 2. The van der Waals surface area contributed by atoms with Gasteiger partial charge in [0.2, 0.25) is 11.8 Å². The Kier molecular flexibility index (Phi) is 17.7. The Morgan fingerprint density at radius 1 is 0.952 bits per heavy atom. The lowest BCUT2D eigenvalue weighted by atomic mass is 9.79. The first-order valence-electron chi connectivity index (χ1n) is 15.9. The highest BCUT2D eigenvalue weighted by atomic mass is 32.1. The molecule has 1 aliphatic carbocycles. The number of nitrogens with one attached hydrogen (secondary N) is 2. The average Bonchev–Trinajstić information content (AvgIpc) is 3.36. The molecule has 4 N–H and O–H groups in total. The van der Waals surface area contributed by atoms with Crippen LogP contribution in [0.5, 0.6) is 0 Å². The fourth-order valence-electron chi connectivity index (χ4n) is 5.23. The number of hydrogen-bond acceptors (Lipinski definition) is 5. The molecule has 0 fully saturated rings. The highest BCUT2D eigenvalue weighted by molar-refractivity contribution is 7.15. The van der Waals surface area contributed by atoms with Crippen LogP contribution in [0.3, 0.4) is 0 Å². The predicted octanol–water partition coefficient (Wildman–Crippen LogP) is 7.84. The molecule has 6 nitrogen and oxygen atoms in total. The van der Waals surface area contributed by atoms with Crippen molar-refractivity contribution >= 4 is 28.3 Å². The fraction of sp³-hybridized carbons (Fsp3) is 0.571. The van der Waals surface area contributed by atoms with Gasteiger partial charge in [-0.1, -0.05) is 88.5 Å². The van der Waals surface area contributed by atoms with E-state index in [9.17, 15) is 9.59 Å². The molecular weight excluding hydrogens is 540 g/mol. The standard InChI is InChI=1S/C35H54N4O2S/c1-5-7-8-9-10-11-12-13-14-15-16-17-18-19-20-21-22-29(33(36)40)32(27(3)4)34(41)39-35-38-30-24-23-28(37-25-6-2)26-31(30)42-35/h7-8,10-11,13-14,16-17,19-20,27-29,32,37H,5-6,9,12,15,18,21-26H2,1-4H3,(H2,36,40)(H,38,39,41)/t28-,29?,32+/m1/s1. The van der Waals surface area contributed by atoms with Crippen molar-refractivity contribution in [1.82, 2.24) is 10.3 Å². The third-order valence-corrected chi connectivity index (χ3v) is 8.51. The van der Waals surface area contributed by atoms with Gasteiger partial charge in [0.1, 0.15) is 0 Å². The van der Waals surface area contributed by atoms with E-state index in [1.165, 1.54) is 4.88 Å². The lowest BCUT2D eigenvalue weighted by Gasteiger charge is -2.26. The van der Waals surface area contributed by atoms with Crippen molar-refractivity contribution in [1.29, 1.82) is 0 Å². The molecule has 0 saturated heterocycles. The molecule has 1 aliphatic rings. The maximum Gasteiger partial charge on any atom is 0.230 e. The first kappa shape index (κ1) is 35.4. The van der Waals surface area contributed by atoms with E-state index in [4.69, 9.17) is 10.7 Å². The summed E-state index contributed by atoms with van der Waals surface area (Å²) in [4.78, 5) is 31.8. The molecule has 232 valence electrons. The number of hydrogen-bond donors (Lipinski definition) is 3. The normalized spacial score (nSPS) is 17.3. The minimum Gasteiger partial charge on any atom is -0.369 e. The van der Waals surface area contributed by atoms with Gasteiger partial charge in [-0.2, -0.15) is 0 Å². The van der Waals surface area contributed by atoms with E-state index in [2.05, 4.69) is 85.2 Å². The Hall–Kier alpha value is -2.77. The minimum absolute atomic E-state index is 0.0203. The van der Waals surface area contributed by atoms with Gasteiger partial charge in [0.05, 0.1) is 11.6 Å². The van der Waals surface area contributed by atoms with Gasteiger partial charge in [-0.15, -0.1) is 11.3 Å². The van der Waals surface area contributed by atoms with E-state index < -0.39 is 17.7 Å². The maximum absolute atomic E-state index is 13.4. The number of anilines is 1. The fourth-order valence-corrected chi connectivity index (χ4v) is 6.32. The van der Waals surface area contributed by atoms with Crippen molar-refractivity contribution in [3.8, 4) is 0 Å². The van der Waals surface area contributed by atoms with Crippen LogP contribution < -0.4 is 16.4 Å². The third kappa shape index (κ3) is 13.5. The van der Waals surface area contributed by atoms with Crippen LogP contribution in [0.25, 0.3) is 0 Å². The SMILES string of the molecule is CCC=CCC=CCC=CCC=CCC=CCCC(C(N)=O)[C@@H](C(=O)Nc1nc2c(s1)C[C@H](NCCC)CC2)C(C)C. The van der Waals surface area contributed by atoms with Crippen LogP contribution in [0.1, 0.15) is 96.1 Å². The topological polar surface area (TPSA) is 97.1 Å². The van der Waals surface area contributed by atoms with Crippen LogP contribution in [-0.2, 0) is 22.4 Å². The molecule has 1 aromatic rings. The van der Waals surface area contributed by atoms with Crippen LogP contribution in [0.2, 0.25) is 0 Å². The third-order valence-electron chi connectivity index (χ3n) is 7.47.